The predicted octanol–water partition coefficient (Wildman–Crippen LogP) is 3.36. The van der Waals surface area contributed by atoms with E-state index in [1.807, 2.05) is 7.05 Å². The molecule has 2 rings (SSSR count). The van der Waals surface area contributed by atoms with Crippen LogP contribution in [0.2, 0.25) is 0 Å². The molecule has 0 saturated heterocycles. The molecule has 0 fully saturated rings. The van der Waals surface area contributed by atoms with Crippen molar-refractivity contribution in [2.45, 2.75) is 45.7 Å². The van der Waals surface area contributed by atoms with Crippen LogP contribution < -0.4 is 5.32 Å². The lowest BCUT2D eigenvalue weighted by Gasteiger charge is -2.31. The Bertz CT molecular complexity index is 516. The molecule has 0 atom stereocenters. The molecule has 0 saturated carbocycles. The van der Waals surface area contributed by atoms with Gasteiger partial charge in [0.1, 0.15) is 0 Å². The number of aliphatic imine (C=N–C) groups is 1. The first kappa shape index (κ1) is 21.2. The van der Waals surface area contributed by atoms with Gasteiger partial charge >= 0.3 is 0 Å². The van der Waals surface area contributed by atoms with Crippen LogP contribution in [-0.2, 0) is 13.0 Å². The molecular formula is C19H33IN4. The minimum absolute atomic E-state index is 0. The van der Waals surface area contributed by atoms with E-state index < -0.39 is 0 Å². The van der Waals surface area contributed by atoms with Gasteiger partial charge in [-0.3, -0.25) is 4.99 Å². The molecule has 1 aromatic carbocycles. The molecule has 1 heterocycles. The zero-order valence-corrected chi connectivity index (χ0v) is 17.9. The quantitative estimate of drug-likeness (QED) is 0.316. The molecule has 1 N–H and O–H groups in total. The van der Waals surface area contributed by atoms with Gasteiger partial charge in [0.25, 0.3) is 0 Å². The van der Waals surface area contributed by atoms with Gasteiger partial charge in [-0.25, -0.2) is 0 Å². The number of hydrogen-bond acceptors (Lipinski definition) is 2. The molecule has 0 amide bonds. The van der Waals surface area contributed by atoms with Crippen LogP contribution in [0, 0.1) is 0 Å². The fraction of sp³-hybridized carbons (Fsp3) is 0.632. The lowest BCUT2D eigenvalue weighted by molar-refractivity contribution is 0.268. The Morgan fingerprint density at radius 2 is 1.96 bits per heavy atom. The van der Waals surface area contributed by atoms with Crippen molar-refractivity contribution in [3.8, 4) is 0 Å². The van der Waals surface area contributed by atoms with E-state index in [0.717, 1.165) is 38.6 Å². The van der Waals surface area contributed by atoms with Crippen LogP contribution in [0.4, 0.5) is 0 Å². The normalized spacial score (nSPS) is 14.6. The first-order valence-corrected chi connectivity index (χ1v) is 8.84. The summed E-state index contributed by atoms with van der Waals surface area (Å²) in [6, 6.07) is 9.37. The second-order valence-electron chi connectivity index (χ2n) is 6.70. The molecule has 0 unspecified atom stereocenters. The van der Waals surface area contributed by atoms with Crippen LogP contribution in [0.1, 0.15) is 37.8 Å². The van der Waals surface area contributed by atoms with Gasteiger partial charge in [-0.05, 0) is 57.8 Å². The standard InChI is InChI=1S/C19H32N4.HI/c1-16(2)22(4)13-8-7-12-21-19(20-3)23-14-11-17-9-5-6-10-18(17)15-23;/h5-6,9-10,16H,7-8,11-15H2,1-4H3,(H,20,21);1H. The van der Waals surface area contributed by atoms with Gasteiger partial charge in [0, 0.05) is 32.7 Å². The van der Waals surface area contributed by atoms with Crippen LogP contribution in [0.15, 0.2) is 29.3 Å². The number of rotatable bonds is 6. The third-order valence-electron chi connectivity index (χ3n) is 4.74. The van der Waals surface area contributed by atoms with Crippen molar-refractivity contribution in [2.24, 2.45) is 4.99 Å². The van der Waals surface area contributed by atoms with E-state index in [1.54, 1.807) is 0 Å². The maximum absolute atomic E-state index is 4.47. The summed E-state index contributed by atoms with van der Waals surface area (Å²) in [5.41, 5.74) is 2.91. The summed E-state index contributed by atoms with van der Waals surface area (Å²) in [6.07, 6.45) is 3.51. The summed E-state index contributed by atoms with van der Waals surface area (Å²) >= 11 is 0. The van der Waals surface area contributed by atoms with Crippen molar-refractivity contribution in [2.75, 3.05) is 33.7 Å². The van der Waals surface area contributed by atoms with Crippen molar-refractivity contribution < 1.29 is 0 Å². The molecule has 1 aromatic rings. The highest BCUT2D eigenvalue weighted by atomic mass is 127. The average molecular weight is 444 g/mol. The highest BCUT2D eigenvalue weighted by molar-refractivity contribution is 14.0. The molecule has 24 heavy (non-hydrogen) atoms. The molecule has 0 bridgehead atoms. The molecule has 5 heteroatoms. The Labute approximate surface area is 164 Å². The van der Waals surface area contributed by atoms with Gasteiger partial charge in [-0.2, -0.15) is 0 Å². The summed E-state index contributed by atoms with van der Waals surface area (Å²) in [7, 11) is 4.08. The van der Waals surface area contributed by atoms with Gasteiger partial charge in [0.15, 0.2) is 5.96 Å². The number of halogens is 1. The molecule has 0 spiro atoms. The van der Waals surface area contributed by atoms with Crippen molar-refractivity contribution in [1.82, 2.24) is 15.1 Å². The number of hydrogen-bond donors (Lipinski definition) is 1. The van der Waals surface area contributed by atoms with Gasteiger partial charge in [0.2, 0.25) is 0 Å². The first-order valence-electron chi connectivity index (χ1n) is 8.84. The number of guanidine groups is 1. The summed E-state index contributed by atoms with van der Waals surface area (Å²) in [6.45, 7) is 8.66. The van der Waals surface area contributed by atoms with E-state index in [2.05, 4.69) is 65.3 Å². The Balaban J connectivity index is 0.00000288. The average Bonchev–Trinajstić information content (AvgIpc) is 2.57. The molecule has 0 aliphatic carbocycles. The van der Waals surface area contributed by atoms with Crippen LogP contribution in [-0.4, -0.2) is 55.5 Å². The Morgan fingerprint density at radius 3 is 2.62 bits per heavy atom. The fourth-order valence-electron chi connectivity index (χ4n) is 2.95. The number of unbranched alkanes of at least 4 members (excludes halogenated alkanes) is 1. The Hall–Kier alpha value is -0.820. The van der Waals surface area contributed by atoms with Crippen molar-refractivity contribution >= 4 is 29.9 Å². The van der Waals surface area contributed by atoms with E-state index in [4.69, 9.17) is 0 Å². The maximum Gasteiger partial charge on any atom is 0.193 e. The fourth-order valence-corrected chi connectivity index (χ4v) is 2.95. The van der Waals surface area contributed by atoms with E-state index >= 15 is 0 Å². The summed E-state index contributed by atoms with van der Waals surface area (Å²) in [5, 5.41) is 3.53. The number of benzene rings is 1. The molecule has 136 valence electrons. The van der Waals surface area contributed by atoms with E-state index in [9.17, 15) is 0 Å². The number of fused-ring (bicyclic) bond motifs is 1. The van der Waals surface area contributed by atoms with Crippen molar-refractivity contribution in [3.63, 3.8) is 0 Å². The van der Waals surface area contributed by atoms with Crippen LogP contribution in [0.25, 0.3) is 0 Å². The Morgan fingerprint density at radius 1 is 1.25 bits per heavy atom. The van der Waals surface area contributed by atoms with Gasteiger partial charge < -0.3 is 15.1 Å². The monoisotopic (exact) mass is 444 g/mol. The SMILES string of the molecule is CN=C(NCCCCN(C)C(C)C)N1CCc2ccccc2C1.I. The van der Waals surface area contributed by atoms with E-state index in [1.165, 1.54) is 24.0 Å². The second kappa shape index (κ2) is 10.9. The summed E-state index contributed by atoms with van der Waals surface area (Å²) in [4.78, 5) is 9.23. The highest BCUT2D eigenvalue weighted by Gasteiger charge is 2.18. The summed E-state index contributed by atoms with van der Waals surface area (Å²) in [5.74, 6) is 1.04. The van der Waals surface area contributed by atoms with Gasteiger partial charge in [-0.1, -0.05) is 24.3 Å². The zero-order valence-electron chi connectivity index (χ0n) is 15.6. The topological polar surface area (TPSA) is 30.9 Å². The third-order valence-corrected chi connectivity index (χ3v) is 4.74. The minimum Gasteiger partial charge on any atom is -0.356 e. The van der Waals surface area contributed by atoms with Gasteiger partial charge in [-0.15, -0.1) is 24.0 Å². The molecular weight excluding hydrogens is 411 g/mol. The smallest absolute Gasteiger partial charge is 0.193 e. The maximum atomic E-state index is 4.47. The summed E-state index contributed by atoms with van der Waals surface area (Å²) < 4.78 is 0. The third kappa shape index (κ3) is 6.24. The van der Waals surface area contributed by atoms with Crippen molar-refractivity contribution in [1.29, 1.82) is 0 Å². The molecule has 4 nitrogen and oxygen atoms in total. The van der Waals surface area contributed by atoms with Crippen LogP contribution in [0.5, 0.6) is 0 Å². The molecule has 0 radical (unpaired) electrons. The van der Waals surface area contributed by atoms with Gasteiger partial charge in [0.05, 0.1) is 0 Å². The largest absolute Gasteiger partial charge is 0.356 e. The van der Waals surface area contributed by atoms with Crippen LogP contribution >= 0.6 is 24.0 Å². The second-order valence-corrected chi connectivity index (χ2v) is 6.70. The lowest BCUT2D eigenvalue weighted by Crippen LogP contribution is -2.44. The number of nitrogens with one attached hydrogen (secondary N) is 1. The number of nitrogens with zero attached hydrogens (tertiary/aromatic N) is 3. The predicted molar refractivity (Wildman–Crippen MR) is 114 cm³/mol. The van der Waals surface area contributed by atoms with E-state index in [0.29, 0.717) is 6.04 Å². The molecule has 0 aromatic heterocycles. The lowest BCUT2D eigenvalue weighted by atomic mass is 10.0. The Kier molecular flexibility index (Phi) is 9.66. The minimum atomic E-state index is 0. The first-order chi connectivity index (χ1) is 11.1. The van der Waals surface area contributed by atoms with Crippen LogP contribution in [0.3, 0.4) is 0 Å². The van der Waals surface area contributed by atoms with Crippen molar-refractivity contribution in [3.05, 3.63) is 35.4 Å². The van der Waals surface area contributed by atoms with E-state index in [-0.39, 0.29) is 24.0 Å². The molecule has 1 aliphatic rings. The molecule has 1 aliphatic heterocycles. The highest BCUT2D eigenvalue weighted by Crippen LogP contribution is 2.18. The zero-order chi connectivity index (χ0) is 16.7.